The summed E-state index contributed by atoms with van der Waals surface area (Å²) < 4.78 is 10.4. The van der Waals surface area contributed by atoms with Gasteiger partial charge in [0.1, 0.15) is 0 Å². The van der Waals surface area contributed by atoms with E-state index in [-0.39, 0.29) is 24.0 Å². The number of halogens is 1. The van der Waals surface area contributed by atoms with Gasteiger partial charge < -0.3 is 20.1 Å². The second-order valence-corrected chi connectivity index (χ2v) is 6.17. The molecule has 0 radical (unpaired) electrons. The molecule has 0 saturated heterocycles. The van der Waals surface area contributed by atoms with Crippen LogP contribution in [0.2, 0.25) is 0 Å². The molecule has 0 fully saturated rings. The first kappa shape index (κ1) is 23.5. The number of rotatable bonds is 12. The van der Waals surface area contributed by atoms with Crippen molar-refractivity contribution < 1.29 is 9.47 Å². The van der Waals surface area contributed by atoms with E-state index in [0.717, 1.165) is 62.2 Å². The number of hydrogen-bond acceptors (Lipinski definition) is 5. The van der Waals surface area contributed by atoms with Crippen LogP contribution in [0.25, 0.3) is 0 Å². The summed E-state index contributed by atoms with van der Waals surface area (Å²) in [5, 5.41) is 9.85. The SMILES string of the molecule is CCNC(=NCCCCOCCOC)NCCc1csc(C)n1.I. The lowest BCUT2D eigenvalue weighted by atomic mass is 10.3. The number of methoxy groups -OCH3 is 1. The number of ether oxygens (including phenoxy) is 2. The summed E-state index contributed by atoms with van der Waals surface area (Å²) in [5.74, 6) is 0.875. The zero-order chi connectivity index (χ0) is 16.8. The van der Waals surface area contributed by atoms with Gasteiger partial charge in [0, 0.05) is 45.2 Å². The summed E-state index contributed by atoms with van der Waals surface area (Å²) in [6.07, 6.45) is 2.96. The zero-order valence-electron chi connectivity index (χ0n) is 15.0. The van der Waals surface area contributed by atoms with E-state index < -0.39 is 0 Å². The average molecular weight is 470 g/mol. The lowest BCUT2D eigenvalue weighted by molar-refractivity contribution is 0.0690. The minimum Gasteiger partial charge on any atom is -0.382 e. The van der Waals surface area contributed by atoms with Crippen molar-refractivity contribution in [3.05, 3.63) is 16.1 Å². The highest BCUT2D eigenvalue weighted by atomic mass is 127. The highest BCUT2D eigenvalue weighted by molar-refractivity contribution is 14.0. The molecule has 0 aliphatic carbocycles. The lowest BCUT2D eigenvalue weighted by Gasteiger charge is -2.10. The van der Waals surface area contributed by atoms with Gasteiger partial charge in [-0.05, 0) is 26.7 Å². The molecule has 140 valence electrons. The number of guanidine groups is 1. The molecule has 6 nitrogen and oxygen atoms in total. The third-order valence-electron chi connectivity index (χ3n) is 3.08. The molecule has 1 aromatic heterocycles. The van der Waals surface area contributed by atoms with E-state index in [1.807, 2.05) is 6.92 Å². The van der Waals surface area contributed by atoms with E-state index in [2.05, 4.69) is 32.9 Å². The van der Waals surface area contributed by atoms with Crippen molar-refractivity contribution in [2.45, 2.75) is 33.1 Å². The monoisotopic (exact) mass is 470 g/mol. The summed E-state index contributed by atoms with van der Waals surface area (Å²) >= 11 is 1.70. The van der Waals surface area contributed by atoms with Gasteiger partial charge in [-0.25, -0.2) is 4.98 Å². The van der Waals surface area contributed by atoms with Gasteiger partial charge in [-0.3, -0.25) is 4.99 Å². The number of aromatic nitrogens is 1. The summed E-state index contributed by atoms with van der Waals surface area (Å²) in [6, 6.07) is 0. The van der Waals surface area contributed by atoms with Gasteiger partial charge in [-0.15, -0.1) is 35.3 Å². The van der Waals surface area contributed by atoms with Crippen LogP contribution < -0.4 is 10.6 Å². The second-order valence-electron chi connectivity index (χ2n) is 5.11. The minimum atomic E-state index is 0. The third kappa shape index (κ3) is 12.0. The maximum absolute atomic E-state index is 5.43. The molecule has 2 N–H and O–H groups in total. The Morgan fingerprint density at radius 3 is 2.75 bits per heavy atom. The van der Waals surface area contributed by atoms with Crippen LogP contribution in [0.15, 0.2) is 10.4 Å². The molecule has 24 heavy (non-hydrogen) atoms. The van der Waals surface area contributed by atoms with E-state index in [1.165, 1.54) is 0 Å². The molecule has 8 heteroatoms. The molecule has 0 aliphatic heterocycles. The summed E-state index contributed by atoms with van der Waals surface area (Å²) in [5.41, 5.74) is 1.14. The van der Waals surface area contributed by atoms with Crippen LogP contribution in [0, 0.1) is 6.92 Å². The fraction of sp³-hybridized carbons (Fsp3) is 0.750. The number of hydrogen-bond donors (Lipinski definition) is 2. The number of aliphatic imine (C=N–C) groups is 1. The van der Waals surface area contributed by atoms with Gasteiger partial charge in [0.15, 0.2) is 5.96 Å². The third-order valence-corrected chi connectivity index (χ3v) is 3.91. The summed E-state index contributed by atoms with van der Waals surface area (Å²) in [6.45, 7) is 8.71. The molecule has 1 heterocycles. The Bertz CT molecular complexity index is 443. The van der Waals surface area contributed by atoms with Crippen LogP contribution in [0.3, 0.4) is 0 Å². The Kier molecular flexibility index (Phi) is 15.7. The van der Waals surface area contributed by atoms with Gasteiger partial charge in [0.2, 0.25) is 0 Å². The second kappa shape index (κ2) is 16.0. The summed E-state index contributed by atoms with van der Waals surface area (Å²) in [7, 11) is 1.68. The predicted molar refractivity (Wildman–Crippen MR) is 112 cm³/mol. The standard InChI is InChI=1S/C16H30N4O2S.HI/c1-4-17-16(18-8-5-6-10-22-12-11-21-3)19-9-7-15-13-23-14(2)20-15;/h13H,4-12H2,1-3H3,(H2,17,18,19);1H. The first-order chi connectivity index (χ1) is 11.3. The van der Waals surface area contributed by atoms with Crippen LogP contribution in [0.5, 0.6) is 0 Å². The quantitative estimate of drug-likeness (QED) is 0.213. The molecule has 0 bridgehead atoms. The molecule has 0 spiro atoms. The number of nitrogens with zero attached hydrogens (tertiary/aromatic N) is 2. The molecular formula is C16H31IN4O2S. The Labute approximate surface area is 166 Å². The highest BCUT2D eigenvalue weighted by Crippen LogP contribution is 2.07. The first-order valence-corrected chi connectivity index (χ1v) is 9.14. The molecule has 0 aromatic carbocycles. The Morgan fingerprint density at radius 1 is 1.25 bits per heavy atom. The molecule has 0 amide bonds. The van der Waals surface area contributed by atoms with E-state index in [9.17, 15) is 0 Å². The van der Waals surface area contributed by atoms with Gasteiger partial charge >= 0.3 is 0 Å². The molecule has 0 saturated carbocycles. The van der Waals surface area contributed by atoms with Crippen molar-refractivity contribution >= 4 is 41.3 Å². The van der Waals surface area contributed by atoms with Gasteiger partial charge in [0.25, 0.3) is 0 Å². The van der Waals surface area contributed by atoms with Gasteiger partial charge in [0.05, 0.1) is 23.9 Å². The number of unbranched alkanes of at least 4 members (excludes halogenated alkanes) is 1. The van der Waals surface area contributed by atoms with Crippen molar-refractivity contribution in [3.8, 4) is 0 Å². The molecule has 0 atom stereocenters. The van der Waals surface area contributed by atoms with Crippen molar-refractivity contribution in [2.24, 2.45) is 4.99 Å². The normalized spacial score (nSPS) is 11.2. The topological polar surface area (TPSA) is 67.8 Å². The van der Waals surface area contributed by atoms with Crippen LogP contribution in [-0.2, 0) is 15.9 Å². The average Bonchev–Trinajstić information content (AvgIpc) is 2.95. The zero-order valence-corrected chi connectivity index (χ0v) is 18.1. The van der Waals surface area contributed by atoms with E-state index in [0.29, 0.717) is 13.2 Å². The molecule has 1 rings (SSSR count). The highest BCUT2D eigenvalue weighted by Gasteiger charge is 2.00. The fourth-order valence-electron chi connectivity index (χ4n) is 1.92. The number of thiazole rings is 1. The van der Waals surface area contributed by atoms with Crippen molar-refractivity contribution in [3.63, 3.8) is 0 Å². The van der Waals surface area contributed by atoms with Gasteiger partial charge in [-0.1, -0.05) is 0 Å². The predicted octanol–water partition coefficient (Wildman–Crippen LogP) is 2.61. The number of nitrogens with one attached hydrogen (secondary N) is 2. The van der Waals surface area contributed by atoms with Crippen molar-refractivity contribution in [1.29, 1.82) is 0 Å². The van der Waals surface area contributed by atoms with E-state index >= 15 is 0 Å². The van der Waals surface area contributed by atoms with E-state index in [4.69, 9.17) is 9.47 Å². The largest absolute Gasteiger partial charge is 0.382 e. The van der Waals surface area contributed by atoms with Crippen LogP contribution in [-0.4, -0.2) is 57.5 Å². The fourth-order valence-corrected chi connectivity index (χ4v) is 2.57. The lowest BCUT2D eigenvalue weighted by Crippen LogP contribution is -2.38. The van der Waals surface area contributed by atoms with E-state index in [1.54, 1.807) is 18.4 Å². The molecule has 0 aliphatic rings. The first-order valence-electron chi connectivity index (χ1n) is 8.26. The Morgan fingerprint density at radius 2 is 2.08 bits per heavy atom. The number of aryl methyl sites for hydroxylation is 1. The van der Waals surface area contributed by atoms with Crippen molar-refractivity contribution in [2.75, 3.05) is 46.6 Å². The Hall–Kier alpha value is -0.450. The van der Waals surface area contributed by atoms with Gasteiger partial charge in [-0.2, -0.15) is 0 Å². The molecule has 1 aromatic rings. The van der Waals surface area contributed by atoms with Crippen molar-refractivity contribution in [1.82, 2.24) is 15.6 Å². The minimum absolute atomic E-state index is 0. The van der Waals surface area contributed by atoms with Crippen LogP contribution in [0.1, 0.15) is 30.5 Å². The Balaban J connectivity index is 0.00000529. The maximum atomic E-state index is 5.43. The molecule has 0 unspecified atom stereocenters. The molecular weight excluding hydrogens is 439 g/mol. The van der Waals surface area contributed by atoms with Crippen LogP contribution in [0.4, 0.5) is 0 Å². The maximum Gasteiger partial charge on any atom is 0.191 e. The smallest absolute Gasteiger partial charge is 0.191 e. The summed E-state index contributed by atoms with van der Waals surface area (Å²) in [4.78, 5) is 9.05. The van der Waals surface area contributed by atoms with Crippen LogP contribution >= 0.6 is 35.3 Å².